The maximum atomic E-state index is 12.3. The van der Waals surface area contributed by atoms with Crippen molar-refractivity contribution < 1.29 is 27.9 Å². The third-order valence-corrected chi connectivity index (χ3v) is 4.87. The number of unbranched alkanes of at least 4 members (excludes halogenated alkanes) is 1. The summed E-state index contributed by atoms with van der Waals surface area (Å²) in [4.78, 5) is 23.3. The van der Waals surface area contributed by atoms with Crippen molar-refractivity contribution in [3.63, 3.8) is 0 Å². The van der Waals surface area contributed by atoms with Gasteiger partial charge in [0.25, 0.3) is 5.91 Å². The van der Waals surface area contributed by atoms with Crippen LogP contribution in [-0.4, -0.2) is 45.6 Å². The minimum atomic E-state index is -3.83. The number of ether oxygens (including phenoxy) is 1. The van der Waals surface area contributed by atoms with E-state index in [-0.39, 0.29) is 16.2 Å². The first-order valence-electron chi connectivity index (χ1n) is 7.42. The predicted molar refractivity (Wildman–Crippen MR) is 87.7 cm³/mol. The predicted octanol–water partition coefficient (Wildman–Crippen LogP) is 0.976. The van der Waals surface area contributed by atoms with Crippen LogP contribution in [0.2, 0.25) is 0 Å². The molecule has 0 aromatic heterocycles. The Balaban J connectivity index is 3.11. The lowest BCUT2D eigenvalue weighted by Gasteiger charge is -2.15. The van der Waals surface area contributed by atoms with Gasteiger partial charge in [0.1, 0.15) is 16.7 Å². The molecule has 0 aliphatic carbocycles. The number of methoxy groups -OCH3 is 1. The van der Waals surface area contributed by atoms with E-state index in [1.165, 1.54) is 26.3 Å². The van der Waals surface area contributed by atoms with Crippen LogP contribution in [0.3, 0.4) is 0 Å². The Bertz CT molecular complexity index is 702. The smallest absolute Gasteiger partial charge is 0.326 e. The normalized spacial score (nSPS) is 12.5. The van der Waals surface area contributed by atoms with Crippen LogP contribution < -0.4 is 14.8 Å². The van der Waals surface area contributed by atoms with Gasteiger partial charge in [-0.2, -0.15) is 0 Å². The fourth-order valence-electron chi connectivity index (χ4n) is 2.05. The summed E-state index contributed by atoms with van der Waals surface area (Å²) in [5, 5.41) is 11.6. The van der Waals surface area contributed by atoms with Crippen LogP contribution in [0, 0.1) is 0 Å². The van der Waals surface area contributed by atoms with Gasteiger partial charge in [-0.1, -0.05) is 19.8 Å². The van der Waals surface area contributed by atoms with E-state index in [2.05, 4.69) is 10.0 Å². The number of carboxylic acid groups (broad SMARTS) is 1. The molecule has 0 saturated heterocycles. The van der Waals surface area contributed by atoms with E-state index < -0.39 is 27.9 Å². The highest BCUT2D eigenvalue weighted by Gasteiger charge is 2.23. The summed E-state index contributed by atoms with van der Waals surface area (Å²) in [6.45, 7) is 1.92. The maximum Gasteiger partial charge on any atom is 0.326 e. The Hall–Kier alpha value is -2.13. The number of amides is 1. The Morgan fingerprint density at radius 2 is 2.00 bits per heavy atom. The monoisotopic (exact) mass is 358 g/mol. The zero-order valence-corrected chi connectivity index (χ0v) is 14.6. The van der Waals surface area contributed by atoms with Gasteiger partial charge >= 0.3 is 5.97 Å². The second-order valence-corrected chi connectivity index (χ2v) is 6.93. The summed E-state index contributed by atoms with van der Waals surface area (Å²) in [6.07, 6.45) is 1.75. The van der Waals surface area contributed by atoms with Crippen LogP contribution in [0.5, 0.6) is 5.75 Å². The lowest BCUT2D eigenvalue weighted by atomic mass is 10.1. The molecule has 8 nitrogen and oxygen atoms in total. The number of hydrogen-bond acceptors (Lipinski definition) is 5. The number of carboxylic acids is 1. The molecule has 0 fully saturated rings. The van der Waals surface area contributed by atoms with Crippen LogP contribution in [-0.2, 0) is 14.8 Å². The Labute approximate surface area is 141 Å². The van der Waals surface area contributed by atoms with E-state index in [0.29, 0.717) is 12.8 Å². The minimum absolute atomic E-state index is 0.0346. The van der Waals surface area contributed by atoms with Crippen LogP contribution in [0.4, 0.5) is 0 Å². The fourth-order valence-corrected chi connectivity index (χ4v) is 2.96. The SMILES string of the molecule is CCCCC(NC(=O)c1ccc(OC)c(S(=O)(=O)NC)c1)C(=O)O. The lowest BCUT2D eigenvalue weighted by Crippen LogP contribution is -2.40. The highest BCUT2D eigenvalue weighted by Crippen LogP contribution is 2.24. The molecular weight excluding hydrogens is 336 g/mol. The van der Waals surface area contributed by atoms with Crippen molar-refractivity contribution in [1.82, 2.24) is 10.0 Å². The molecule has 1 amide bonds. The molecule has 1 unspecified atom stereocenters. The second kappa shape index (κ2) is 8.65. The number of benzene rings is 1. The average Bonchev–Trinajstić information content (AvgIpc) is 2.57. The number of hydrogen-bond donors (Lipinski definition) is 3. The van der Waals surface area contributed by atoms with E-state index in [0.717, 1.165) is 12.5 Å². The second-order valence-electron chi connectivity index (χ2n) is 5.08. The average molecular weight is 358 g/mol. The number of carbonyl (C=O) groups is 2. The third-order valence-electron chi connectivity index (χ3n) is 3.43. The molecule has 0 bridgehead atoms. The van der Waals surface area contributed by atoms with E-state index in [9.17, 15) is 18.0 Å². The molecule has 0 aliphatic rings. The van der Waals surface area contributed by atoms with Gasteiger partial charge < -0.3 is 15.2 Å². The van der Waals surface area contributed by atoms with Gasteiger partial charge in [0.05, 0.1) is 7.11 Å². The van der Waals surface area contributed by atoms with Gasteiger partial charge in [-0.25, -0.2) is 17.9 Å². The summed E-state index contributed by atoms with van der Waals surface area (Å²) in [5.74, 6) is -1.70. The summed E-state index contributed by atoms with van der Waals surface area (Å²) in [5.41, 5.74) is 0.0346. The third kappa shape index (κ3) is 4.93. The van der Waals surface area contributed by atoms with Gasteiger partial charge in [-0.15, -0.1) is 0 Å². The molecular formula is C15H22N2O6S. The summed E-state index contributed by atoms with van der Waals surface area (Å²) >= 11 is 0. The van der Waals surface area contributed by atoms with Gasteiger partial charge in [0.2, 0.25) is 10.0 Å². The van der Waals surface area contributed by atoms with Crippen LogP contribution >= 0.6 is 0 Å². The highest BCUT2D eigenvalue weighted by molar-refractivity contribution is 7.89. The number of carbonyl (C=O) groups excluding carboxylic acids is 1. The van der Waals surface area contributed by atoms with Crippen LogP contribution in [0.15, 0.2) is 23.1 Å². The van der Waals surface area contributed by atoms with Crippen molar-refractivity contribution in [2.45, 2.75) is 37.1 Å². The fraction of sp³-hybridized carbons (Fsp3) is 0.467. The van der Waals surface area contributed by atoms with Crippen molar-refractivity contribution in [3.8, 4) is 5.75 Å². The van der Waals surface area contributed by atoms with E-state index >= 15 is 0 Å². The molecule has 134 valence electrons. The number of nitrogens with one attached hydrogen (secondary N) is 2. The molecule has 3 N–H and O–H groups in total. The van der Waals surface area contributed by atoms with Gasteiger partial charge in [-0.3, -0.25) is 4.79 Å². The first-order chi connectivity index (χ1) is 11.3. The van der Waals surface area contributed by atoms with Crippen LogP contribution in [0.25, 0.3) is 0 Å². The van der Waals surface area contributed by atoms with Gasteiger partial charge in [0.15, 0.2) is 0 Å². The van der Waals surface area contributed by atoms with Gasteiger partial charge in [0, 0.05) is 5.56 Å². The zero-order valence-electron chi connectivity index (χ0n) is 13.8. The topological polar surface area (TPSA) is 122 Å². The Morgan fingerprint density at radius 3 is 2.50 bits per heavy atom. The molecule has 1 aromatic carbocycles. The molecule has 0 radical (unpaired) electrons. The minimum Gasteiger partial charge on any atom is -0.495 e. The molecule has 1 aromatic rings. The lowest BCUT2D eigenvalue weighted by molar-refractivity contribution is -0.139. The largest absolute Gasteiger partial charge is 0.495 e. The number of aliphatic carboxylic acids is 1. The highest BCUT2D eigenvalue weighted by atomic mass is 32.2. The first-order valence-corrected chi connectivity index (χ1v) is 8.90. The summed E-state index contributed by atoms with van der Waals surface area (Å²) in [7, 11) is -1.27. The molecule has 0 spiro atoms. The first kappa shape index (κ1) is 19.9. The Kier molecular flexibility index (Phi) is 7.18. The van der Waals surface area contributed by atoms with E-state index in [1.807, 2.05) is 6.92 Å². The van der Waals surface area contributed by atoms with Crippen molar-refractivity contribution in [2.24, 2.45) is 0 Å². The van der Waals surface area contributed by atoms with Crippen molar-refractivity contribution in [3.05, 3.63) is 23.8 Å². The maximum absolute atomic E-state index is 12.3. The molecule has 24 heavy (non-hydrogen) atoms. The standard InChI is InChI=1S/C15H22N2O6S/c1-4-5-6-11(15(19)20)17-14(18)10-7-8-12(23-3)13(9-10)24(21,22)16-2/h7-9,11,16H,4-6H2,1-3H3,(H,17,18)(H,19,20). The van der Waals surface area contributed by atoms with Crippen molar-refractivity contribution >= 4 is 21.9 Å². The molecule has 1 atom stereocenters. The van der Waals surface area contributed by atoms with E-state index in [4.69, 9.17) is 9.84 Å². The summed E-state index contributed by atoms with van der Waals surface area (Å²) in [6, 6.07) is 2.85. The molecule has 1 rings (SSSR count). The van der Waals surface area contributed by atoms with E-state index in [1.54, 1.807) is 0 Å². The number of sulfonamides is 1. The molecule has 0 saturated carbocycles. The quantitative estimate of drug-likeness (QED) is 0.605. The Morgan fingerprint density at radius 1 is 1.33 bits per heavy atom. The zero-order chi connectivity index (χ0) is 18.3. The molecule has 0 aliphatic heterocycles. The summed E-state index contributed by atoms with van der Waals surface area (Å²) < 4.78 is 31.2. The van der Waals surface area contributed by atoms with Gasteiger partial charge in [-0.05, 0) is 31.7 Å². The van der Waals surface area contributed by atoms with Crippen molar-refractivity contribution in [2.75, 3.05) is 14.2 Å². The van der Waals surface area contributed by atoms with Crippen LogP contribution in [0.1, 0.15) is 36.5 Å². The number of rotatable bonds is 9. The molecule has 9 heteroatoms. The molecule has 0 heterocycles. The van der Waals surface area contributed by atoms with Crippen molar-refractivity contribution in [1.29, 1.82) is 0 Å².